The maximum atomic E-state index is 12.5. The van der Waals surface area contributed by atoms with Crippen molar-refractivity contribution in [3.8, 4) is 22.5 Å². The fourth-order valence-electron chi connectivity index (χ4n) is 2.71. The summed E-state index contributed by atoms with van der Waals surface area (Å²) in [6.07, 6.45) is 0.388. The van der Waals surface area contributed by atoms with Crippen LogP contribution in [0.1, 0.15) is 15.9 Å². The van der Waals surface area contributed by atoms with Crippen LogP contribution in [-0.2, 0) is 6.42 Å². The van der Waals surface area contributed by atoms with E-state index in [4.69, 9.17) is 0 Å². The Labute approximate surface area is 115 Å². The molecule has 1 aliphatic carbocycles. The third-order valence-corrected chi connectivity index (χ3v) is 3.65. The zero-order chi connectivity index (χ0) is 13.5. The number of carbonyl (C=O) groups is 1. The molecule has 0 saturated heterocycles. The van der Waals surface area contributed by atoms with Crippen molar-refractivity contribution >= 4 is 5.78 Å². The lowest BCUT2D eigenvalue weighted by atomic mass is 9.89. The molecule has 0 bridgehead atoms. The summed E-state index contributed by atoms with van der Waals surface area (Å²) in [7, 11) is 0. The average Bonchev–Trinajstić information content (AvgIpc) is 2.95. The number of carbonyl (C=O) groups excluding carboxylic acids is 1. The highest BCUT2D eigenvalue weighted by atomic mass is 16.1. The number of nitrogens with one attached hydrogen (secondary N) is 1. The molecule has 4 rings (SSSR count). The summed E-state index contributed by atoms with van der Waals surface area (Å²) in [6, 6.07) is 15.4. The molecular weight excluding hydrogens is 250 g/mol. The first kappa shape index (κ1) is 11.1. The number of benzene rings is 2. The summed E-state index contributed by atoms with van der Waals surface area (Å²) >= 11 is 0. The van der Waals surface area contributed by atoms with E-state index in [1.54, 1.807) is 0 Å². The minimum absolute atomic E-state index is 0.113. The predicted molar refractivity (Wildman–Crippen MR) is 75.3 cm³/mol. The lowest BCUT2D eigenvalue weighted by Gasteiger charge is -2.14. The first-order valence-electron chi connectivity index (χ1n) is 6.46. The van der Waals surface area contributed by atoms with Crippen molar-refractivity contribution in [2.75, 3.05) is 0 Å². The standard InChI is InChI=1S/C16H11N3O/c20-14-9-10-5-1-2-6-11(10)15-16(18-19-17-15)13-8-4-3-7-12(13)14/h1-8H,9H2,(H,17,18,19). The Morgan fingerprint density at radius 2 is 1.40 bits per heavy atom. The fraction of sp³-hybridized carbons (Fsp3) is 0.0625. The van der Waals surface area contributed by atoms with Crippen LogP contribution in [0, 0.1) is 0 Å². The zero-order valence-electron chi connectivity index (χ0n) is 10.6. The van der Waals surface area contributed by atoms with Gasteiger partial charge in [0, 0.05) is 23.1 Å². The number of H-pyrrole nitrogens is 1. The van der Waals surface area contributed by atoms with Gasteiger partial charge in [-0.05, 0) is 5.56 Å². The van der Waals surface area contributed by atoms with Gasteiger partial charge >= 0.3 is 0 Å². The summed E-state index contributed by atoms with van der Waals surface area (Å²) in [6.45, 7) is 0. The van der Waals surface area contributed by atoms with Gasteiger partial charge < -0.3 is 0 Å². The zero-order valence-corrected chi connectivity index (χ0v) is 10.6. The quantitative estimate of drug-likeness (QED) is 0.677. The van der Waals surface area contributed by atoms with Crippen LogP contribution in [0.2, 0.25) is 0 Å². The van der Waals surface area contributed by atoms with E-state index < -0.39 is 0 Å². The van der Waals surface area contributed by atoms with Crippen LogP contribution in [0.15, 0.2) is 48.5 Å². The van der Waals surface area contributed by atoms with Crippen molar-refractivity contribution in [3.63, 3.8) is 0 Å². The van der Waals surface area contributed by atoms with Crippen LogP contribution in [0.4, 0.5) is 0 Å². The molecule has 2 aromatic carbocycles. The van der Waals surface area contributed by atoms with Crippen LogP contribution >= 0.6 is 0 Å². The highest BCUT2D eigenvalue weighted by Crippen LogP contribution is 2.35. The molecule has 20 heavy (non-hydrogen) atoms. The molecule has 1 heterocycles. The van der Waals surface area contributed by atoms with Gasteiger partial charge in [-0.25, -0.2) is 0 Å². The number of nitrogens with zero attached hydrogens (tertiary/aromatic N) is 2. The Morgan fingerprint density at radius 3 is 2.20 bits per heavy atom. The van der Waals surface area contributed by atoms with Gasteiger partial charge in [0.25, 0.3) is 0 Å². The van der Waals surface area contributed by atoms with E-state index in [1.807, 2.05) is 48.5 Å². The lowest BCUT2D eigenvalue weighted by molar-refractivity contribution is 0.0993. The molecule has 4 nitrogen and oxygen atoms in total. The van der Waals surface area contributed by atoms with E-state index in [-0.39, 0.29) is 5.78 Å². The number of aromatic nitrogens is 3. The van der Waals surface area contributed by atoms with Crippen molar-refractivity contribution in [3.05, 3.63) is 59.7 Å². The molecule has 0 unspecified atom stereocenters. The highest BCUT2D eigenvalue weighted by Gasteiger charge is 2.24. The fourth-order valence-corrected chi connectivity index (χ4v) is 2.71. The minimum atomic E-state index is 0.113. The van der Waals surface area contributed by atoms with Gasteiger partial charge in [-0.3, -0.25) is 4.79 Å². The predicted octanol–water partition coefficient (Wildman–Crippen LogP) is 2.88. The first-order chi connectivity index (χ1) is 9.84. The second-order valence-electron chi connectivity index (χ2n) is 4.82. The van der Waals surface area contributed by atoms with E-state index in [1.165, 1.54) is 0 Å². The van der Waals surface area contributed by atoms with Gasteiger partial charge in [-0.15, -0.1) is 0 Å². The first-order valence-corrected chi connectivity index (χ1v) is 6.46. The van der Waals surface area contributed by atoms with E-state index in [0.717, 1.165) is 28.1 Å². The third kappa shape index (κ3) is 1.51. The SMILES string of the molecule is O=C1Cc2ccccc2-c2n[nH]nc2-c2ccccc21. The van der Waals surface area contributed by atoms with E-state index in [0.29, 0.717) is 12.0 Å². The van der Waals surface area contributed by atoms with Crippen molar-refractivity contribution < 1.29 is 4.79 Å². The second kappa shape index (κ2) is 4.13. The second-order valence-corrected chi connectivity index (χ2v) is 4.82. The van der Waals surface area contributed by atoms with Gasteiger partial charge in [0.2, 0.25) is 0 Å². The van der Waals surface area contributed by atoms with E-state index in [9.17, 15) is 4.79 Å². The summed E-state index contributed by atoms with van der Waals surface area (Å²) in [5, 5.41) is 11.2. The van der Waals surface area contributed by atoms with Gasteiger partial charge in [-0.1, -0.05) is 48.5 Å². The molecule has 1 N–H and O–H groups in total. The molecule has 0 spiro atoms. The molecule has 0 fully saturated rings. The molecule has 0 saturated carbocycles. The van der Waals surface area contributed by atoms with E-state index >= 15 is 0 Å². The molecule has 0 aliphatic heterocycles. The van der Waals surface area contributed by atoms with Crippen LogP contribution in [0.3, 0.4) is 0 Å². The van der Waals surface area contributed by atoms with Crippen LogP contribution < -0.4 is 0 Å². The Balaban J connectivity index is 2.10. The van der Waals surface area contributed by atoms with Crippen molar-refractivity contribution in [1.82, 2.24) is 15.4 Å². The number of Topliss-reactive ketones (excluding diaryl/α,β-unsaturated/α-hetero) is 1. The number of fused-ring (bicyclic) bond motifs is 5. The summed E-state index contributed by atoms with van der Waals surface area (Å²) in [4.78, 5) is 12.5. The Bertz CT molecular complexity index is 820. The molecule has 0 amide bonds. The molecule has 96 valence electrons. The van der Waals surface area contributed by atoms with Gasteiger partial charge in [0.15, 0.2) is 5.78 Å². The van der Waals surface area contributed by atoms with Crippen molar-refractivity contribution in [1.29, 1.82) is 0 Å². The van der Waals surface area contributed by atoms with Gasteiger partial charge in [0.05, 0.1) is 0 Å². The summed E-state index contributed by atoms with van der Waals surface area (Å²) in [5.41, 5.74) is 5.05. The van der Waals surface area contributed by atoms with Crippen molar-refractivity contribution in [2.45, 2.75) is 6.42 Å². The third-order valence-electron chi connectivity index (χ3n) is 3.65. The number of aromatic amines is 1. The smallest absolute Gasteiger partial charge is 0.167 e. The Kier molecular flexibility index (Phi) is 2.29. The number of hydrogen-bond acceptors (Lipinski definition) is 3. The van der Waals surface area contributed by atoms with Crippen LogP contribution in [-0.4, -0.2) is 21.2 Å². The Morgan fingerprint density at radius 1 is 0.800 bits per heavy atom. The molecule has 1 aromatic heterocycles. The summed E-state index contributed by atoms with van der Waals surface area (Å²) in [5.74, 6) is 0.113. The maximum absolute atomic E-state index is 12.5. The van der Waals surface area contributed by atoms with Gasteiger partial charge in [0.1, 0.15) is 11.4 Å². The average molecular weight is 261 g/mol. The molecular formula is C16H11N3O. The molecule has 1 aliphatic rings. The van der Waals surface area contributed by atoms with Crippen molar-refractivity contribution in [2.24, 2.45) is 0 Å². The number of rotatable bonds is 0. The summed E-state index contributed by atoms with van der Waals surface area (Å²) < 4.78 is 0. The van der Waals surface area contributed by atoms with E-state index in [2.05, 4.69) is 15.4 Å². The number of hydrogen-bond donors (Lipinski definition) is 1. The maximum Gasteiger partial charge on any atom is 0.167 e. The highest BCUT2D eigenvalue weighted by molar-refractivity contribution is 6.06. The van der Waals surface area contributed by atoms with Crippen LogP contribution in [0.25, 0.3) is 22.5 Å². The molecule has 0 atom stereocenters. The lowest BCUT2D eigenvalue weighted by Crippen LogP contribution is -2.09. The number of ketones is 1. The largest absolute Gasteiger partial charge is 0.294 e. The molecule has 3 aromatic rings. The van der Waals surface area contributed by atoms with Crippen LogP contribution in [0.5, 0.6) is 0 Å². The normalized spacial score (nSPS) is 12.9. The topological polar surface area (TPSA) is 58.6 Å². The Hall–Kier alpha value is -2.75. The monoisotopic (exact) mass is 261 g/mol. The molecule has 0 radical (unpaired) electrons. The molecule has 4 heteroatoms. The minimum Gasteiger partial charge on any atom is -0.294 e. The van der Waals surface area contributed by atoms with Gasteiger partial charge in [-0.2, -0.15) is 15.4 Å².